The van der Waals surface area contributed by atoms with Gasteiger partial charge in [0, 0.05) is 19.1 Å². The van der Waals surface area contributed by atoms with Crippen LogP contribution in [0.25, 0.3) is 0 Å². The van der Waals surface area contributed by atoms with Crippen LogP contribution >= 0.6 is 0 Å². The first-order chi connectivity index (χ1) is 9.97. The van der Waals surface area contributed by atoms with Gasteiger partial charge in [0.1, 0.15) is 0 Å². The van der Waals surface area contributed by atoms with Crippen molar-refractivity contribution in [2.45, 2.75) is 104 Å². The molecule has 0 aromatic rings. The van der Waals surface area contributed by atoms with Gasteiger partial charge in [0.25, 0.3) is 0 Å². The molecule has 0 amide bonds. The summed E-state index contributed by atoms with van der Waals surface area (Å²) in [6.07, 6.45) is 11.3. The predicted molar refractivity (Wildman–Crippen MR) is 91.6 cm³/mol. The van der Waals surface area contributed by atoms with Crippen LogP contribution in [0.3, 0.4) is 0 Å². The van der Waals surface area contributed by atoms with E-state index in [0.29, 0.717) is 19.1 Å². The van der Waals surface area contributed by atoms with Gasteiger partial charge in [0.2, 0.25) is 0 Å². The molecule has 128 valence electrons. The Morgan fingerprint density at radius 3 is 1.57 bits per heavy atom. The Bertz CT molecular complexity index is 209. The number of unbranched alkanes of at least 4 members (excludes halogenated alkanes) is 7. The van der Waals surface area contributed by atoms with E-state index in [1.54, 1.807) is 0 Å². The third kappa shape index (κ3) is 13.3. The van der Waals surface area contributed by atoms with Crippen molar-refractivity contribution in [2.24, 2.45) is 0 Å². The van der Waals surface area contributed by atoms with Crippen LogP contribution in [0.1, 0.15) is 85.5 Å². The fraction of sp³-hybridized carbons (Fsp3) is 1.00. The highest BCUT2D eigenvalue weighted by Crippen LogP contribution is 2.14. The fourth-order valence-corrected chi connectivity index (χ4v) is 2.87. The maximum atomic E-state index is 9.57. The average molecular weight is 302 g/mol. The van der Waals surface area contributed by atoms with Crippen LogP contribution in [0.2, 0.25) is 0 Å². The van der Waals surface area contributed by atoms with Gasteiger partial charge >= 0.3 is 0 Å². The van der Waals surface area contributed by atoms with Crippen LogP contribution in [0.4, 0.5) is 0 Å². The molecule has 3 heteroatoms. The summed E-state index contributed by atoms with van der Waals surface area (Å²) in [6.45, 7) is 9.42. The van der Waals surface area contributed by atoms with E-state index < -0.39 is 0 Å². The Hall–Kier alpha value is -0.120. The molecule has 0 aromatic carbocycles. The van der Waals surface area contributed by atoms with Crippen LogP contribution < -0.4 is 0 Å². The first-order valence-electron chi connectivity index (χ1n) is 9.07. The maximum absolute atomic E-state index is 9.57. The quantitative estimate of drug-likeness (QED) is 0.477. The highest BCUT2D eigenvalue weighted by atomic mass is 16.3. The number of nitrogens with zero attached hydrogens (tertiary/aromatic N) is 1. The minimum absolute atomic E-state index is 0.329. The topological polar surface area (TPSA) is 43.7 Å². The molecule has 3 nitrogen and oxygen atoms in total. The number of rotatable bonds is 14. The summed E-state index contributed by atoms with van der Waals surface area (Å²) in [5.74, 6) is 0. The van der Waals surface area contributed by atoms with Crippen molar-refractivity contribution >= 4 is 0 Å². The van der Waals surface area contributed by atoms with Crippen LogP contribution in [-0.4, -0.2) is 46.5 Å². The van der Waals surface area contributed by atoms with Gasteiger partial charge in [-0.1, -0.05) is 58.3 Å². The Labute approximate surface area is 132 Å². The zero-order valence-corrected chi connectivity index (χ0v) is 14.9. The normalized spacial score (nSPS) is 16.1. The van der Waals surface area contributed by atoms with E-state index in [9.17, 15) is 10.2 Å². The van der Waals surface area contributed by atoms with E-state index in [1.807, 2.05) is 13.8 Å². The molecule has 0 saturated carbocycles. The molecule has 0 bridgehead atoms. The summed E-state index contributed by atoms with van der Waals surface area (Å²) >= 11 is 0. The van der Waals surface area contributed by atoms with Gasteiger partial charge in [-0.05, 0) is 27.2 Å². The maximum Gasteiger partial charge on any atom is 0.0639 e. The lowest BCUT2D eigenvalue weighted by atomic mass is 10.0. The van der Waals surface area contributed by atoms with Crippen molar-refractivity contribution < 1.29 is 10.2 Å². The summed E-state index contributed by atoms with van der Waals surface area (Å²) < 4.78 is 0. The first kappa shape index (κ1) is 20.9. The molecule has 0 aliphatic heterocycles. The molecule has 0 saturated heterocycles. The molecule has 2 N–H and O–H groups in total. The molecule has 21 heavy (non-hydrogen) atoms. The van der Waals surface area contributed by atoms with Crippen molar-refractivity contribution in [2.75, 3.05) is 13.1 Å². The van der Waals surface area contributed by atoms with E-state index in [-0.39, 0.29) is 12.2 Å². The van der Waals surface area contributed by atoms with Gasteiger partial charge in [0.15, 0.2) is 0 Å². The molecule has 0 aromatic heterocycles. The second-order valence-electron chi connectivity index (χ2n) is 6.76. The highest BCUT2D eigenvalue weighted by Gasteiger charge is 2.17. The molecule has 0 heterocycles. The zero-order chi connectivity index (χ0) is 16.1. The minimum Gasteiger partial charge on any atom is -0.392 e. The number of hydrogen-bond acceptors (Lipinski definition) is 3. The molecule has 0 radical (unpaired) electrons. The summed E-state index contributed by atoms with van der Waals surface area (Å²) in [6, 6.07) is 0.439. The van der Waals surface area contributed by atoms with Crippen molar-refractivity contribution in [1.29, 1.82) is 0 Å². The first-order valence-corrected chi connectivity index (χ1v) is 9.07. The number of aliphatic hydroxyl groups is 2. The summed E-state index contributed by atoms with van der Waals surface area (Å²) in [5, 5.41) is 19.1. The fourth-order valence-electron chi connectivity index (χ4n) is 2.87. The Kier molecular flexibility index (Phi) is 13.5. The number of hydrogen-bond donors (Lipinski definition) is 2. The molecule has 3 atom stereocenters. The lowest BCUT2D eigenvalue weighted by Gasteiger charge is -2.31. The van der Waals surface area contributed by atoms with Crippen LogP contribution in [0.5, 0.6) is 0 Å². The largest absolute Gasteiger partial charge is 0.392 e. The number of aliphatic hydroxyl groups excluding tert-OH is 2. The summed E-state index contributed by atoms with van der Waals surface area (Å²) in [7, 11) is 0. The van der Waals surface area contributed by atoms with Crippen molar-refractivity contribution in [3.8, 4) is 0 Å². The predicted octanol–water partition coefficient (Wildman–Crippen LogP) is 3.97. The van der Waals surface area contributed by atoms with Crippen LogP contribution in [0.15, 0.2) is 0 Å². The third-order valence-electron chi connectivity index (χ3n) is 4.10. The molecule has 3 unspecified atom stereocenters. The van der Waals surface area contributed by atoms with Gasteiger partial charge in [0.05, 0.1) is 12.2 Å². The van der Waals surface area contributed by atoms with E-state index in [2.05, 4.69) is 18.7 Å². The third-order valence-corrected chi connectivity index (χ3v) is 4.10. The average Bonchev–Trinajstić information content (AvgIpc) is 2.39. The molecule has 0 aliphatic carbocycles. The van der Waals surface area contributed by atoms with Crippen molar-refractivity contribution in [3.63, 3.8) is 0 Å². The van der Waals surface area contributed by atoms with Crippen molar-refractivity contribution in [3.05, 3.63) is 0 Å². The zero-order valence-electron chi connectivity index (χ0n) is 14.9. The lowest BCUT2D eigenvalue weighted by Crippen LogP contribution is -2.42. The smallest absolute Gasteiger partial charge is 0.0639 e. The standard InChI is InChI=1S/C18H39NO2/c1-5-6-7-8-9-10-11-12-13-16(2)19(14-17(3)20)15-18(4)21/h16-18,20-21H,5-15H2,1-4H3. The molecule has 0 rings (SSSR count). The molecule has 0 spiro atoms. The Morgan fingerprint density at radius 1 is 0.714 bits per heavy atom. The Balaban J connectivity index is 3.74. The minimum atomic E-state index is -0.329. The van der Waals surface area contributed by atoms with Gasteiger partial charge in [-0.25, -0.2) is 0 Å². The van der Waals surface area contributed by atoms with Crippen LogP contribution in [0, 0.1) is 0 Å². The van der Waals surface area contributed by atoms with Crippen molar-refractivity contribution in [1.82, 2.24) is 4.90 Å². The molecule has 0 fully saturated rings. The van der Waals surface area contributed by atoms with E-state index in [0.717, 1.165) is 6.42 Å². The molecular formula is C18H39NO2. The van der Waals surface area contributed by atoms with Gasteiger partial charge in [-0.15, -0.1) is 0 Å². The highest BCUT2D eigenvalue weighted by molar-refractivity contribution is 4.71. The summed E-state index contributed by atoms with van der Waals surface area (Å²) in [5.41, 5.74) is 0. The molecular weight excluding hydrogens is 262 g/mol. The van der Waals surface area contributed by atoms with E-state index in [1.165, 1.54) is 51.4 Å². The second kappa shape index (κ2) is 13.5. The monoisotopic (exact) mass is 301 g/mol. The lowest BCUT2D eigenvalue weighted by molar-refractivity contribution is 0.0585. The van der Waals surface area contributed by atoms with E-state index >= 15 is 0 Å². The van der Waals surface area contributed by atoms with Gasteiger partial charge < -0.3 is 10.2 Å². The molecule has 0 aliphatic rings. The van der Waals surface area contributed by atoms with Crippen LogP contribution in [-0.2, 0) is 0 Å². The van der Waals surface area contributed by atoms with Gasteiger partial charge in [-0.2, -0.15) is 0 Å². The summed E-state index contributed by atoms with van der Waals surface area (Å²) in [4.78, 5) is 2.22. The SMILES string of the molecule is CCCCCCCCCCC(C)N(CC(C)O)CC(C)O. The van der Waals surface area contributed by atoms with Gasteiger partial charge in [-0.3, -0.25) is 4.90 Å². The van der Waals surface area contributed by atoms with E-state index in [4.69, 9.17) is 0 Å². The second-order valence-corrected chi connectivity index (χ2v) is 6.76. The Morgan fingerprint density at radius 2 is 1.14 bits per heavy atom.